The Kier molecular flexibility index (Phi) is 7.83. The molecule has 0 saturated heterocycles. The maximum Gasteiger partial charge on any atom is -0.00851 e. The first kappa shape index (κ1) is 25.8. The standard InChI is InChI=1S/C33H58/c1-9-25(10-2)26-17-19-32(7)27(21-26)13-14-28-30-16-15-29(33(30,8)20-18-31(28)32)24(6)12-11-23(5)22(3)4/h13,22-26,28-31H,9-12,14-21H2,1-8H3/t23-,24-,26+,28+,29-,30+,31+,32+,33-/m1/s1. The van der Waals surface area contributed by atoms with E-state index in [2.05, 4.69) is 61.5 Å². The third-order valence-corrected chi connectivity index (χ3v) is 12.8. The molecule has 4 aliphatic rings. The van der Waals surface area contributed by atoms with Crippen molar-refractivity contribution in [1.82, 2.24) is 0 Å². The van der Waals surface area contributed by atoms with Crippen LogP contribution < -0.4 is 0 Å². The van der Waals surface area contributed by atoms with E-state index >= 15 is 0 Å². The van der Waals surface area contributed by atoms with Crippen molar-refractivity contribution in [3.63, 3.8) is 0 Å². The van der Waals surface area contributed by atoms with Crippen LogP contribution >= 0.6 is 0 Å². The number of fused-ring (bicyclic) bond motifs is 5. The highest BCUT2D eigenvalue weighted by Gasteiger charge is 2.59. The Labute approximate surface area is 208 Å². The molecule has 0 aromatic rings. The molecule has 0 spiro atoms. The van der Waals surface area contributed by atoms with Crippen molar-refractivity contribution < 1.29 is 0 Å². The Hall–Kier alpha value is -0.260. The fourth-order valence-corrected chi connectivity index (χ4v) is 10.1. The minimum atomic E-state index is 0.531. The van der Waals surface area contributed by atoms with Gasteiger partial charge in [-0.2, -0.15) is 0 Å². The van der Waals surface area contributed by atoms with E-state index in [4.69, 9.17) is 0 Å². The summed E-state index contributed by atoms with van der Waals surface area (Å²) in [5.41, 5.74) is 3.06. The molecule has 190 valence electrons. The molecule has 33 heavy (non-hydrogen) atoms. The smallest absolute Gasteiger partial charge is 0.00851 e. The lowest BCUT2D eigenvalue weighted by Crippen LogP contribution is -2.50. The van der Waals surface area contributed by atoms with Crippen LogP contribution in [-0.4, -0.2) is 0 Å². The van der Waals surface area contributed by atoms with Crippen LogP contribution in [0.3, 0.4) is 0 Å². The Balaban J connectivity index is 1.47. The van der Waals surface area contributed by atoms with Crippen LogP contribution in [0.4, 0.5) is 0 Å². The Morgan fingerprint density at radius 3 is 2.27 bits per heavy atom. The van der Waals surface area contributed by atoms with Gasteiger partial charge < -0.3 is 0 Å². The summed E-state index contributed by atoms with van der Waals surface area (Å²) in [6, 6.07) is 0. The van der Waals surface area contributed by atoms with Crippen molar-refractivity contribution in [2.75, 3.05) is 0 Å². The van der Waals surface area contributed by atoms with Gasteiger partial charge in [0.15, 0.2) is 0 Å². The Bertz CT molecular complexity index is 682. The molecule has 4 rings (SSSR count). The van der Waals surface area contributed by atoms with E-state index in [1.54, 1.807) is 0 Å². The van der Waals surface area contributed by atoms with Crippen LogP contribution in [0.1, 0.15) is 132 Å². The Morgan fingerprint density at radius 2 is 1.61 bits per heavy atom. The van der Waals surface area contributed by atoms with Gasteiger partial charge in [0, 0.05) is 0 Å². The van der Waals surface area contributed by atoms with E-state index in [0.717, 1.165) is 53.3 Å². The minimum Gasteiger partial charge on any atom is -0.0845 e. The van der Waals surface area contributed by atoms with Gasteiger partial charge in [-0.25, -0.2) is 0 Å². The second-order valence-corrected chi connectivity index (χ2v) is 14.3. The van der Waals surface area contributed by atoms with Gasteiger partial charge in [-0.1, -0.05) is 92.7 Å². The number of rotatable bonds is 8. The fourth-order valence-electron chi connectivity index (χ4n) is 10.1. The molecule has 0 aliphatic heterocycles. The average Bonchev–Trinajstić information content (AvgIpc) is 3.15. The summed E-state index contributed by atoms with van der Waals surface area (Å²) >= 11 is 0. The number of allylic oxidation sites excluding steroid dienone is 2. The van der Waals surface area contributed by atoms with Gasteiger partial charge in [0.2, 0.25) is 0 Å². The van der Waals surface area contributed by atoms with Gasteiger partial charge in [-0.3, -0.25) is 0 Å². The van der Waals surface area contributed by atoms with E-state index in [1.807, 2.05) is 5.57 Å². The molecule has 0 unspecified atom stereocenters. The minimum absolute atomic E-state index is 0.531. The van der Waals surface area contributed by atoms with E-state index in [0.29, 0.717) is 10.8 Å². The lowest BCUT2D eigenvalue weighted by molar-refractivity contribution is -0.0546. The third-order valence-electron chi connectivity index (χ3n) is 12.8. The molecule has 0 N–H and O–H groups in total. The number of hydrogen-bond donors (Lipinski definition) is 0. The predicted octanol–water partition coefficient (Wildman–Crippen LogP) is 10.3. The molecule has 0 heteroatoms. The normalized spacial score (nSPS) is 42.5. The molecule has 0 nitrogen and oxygen atoms in total. The lowest BCUT2D eigenvalue weighted by atomic mass is 9.46. The van der Waals surface area contributed by atoms with Gasteiger partial charge >= 0.3 is 0 Å². The first-order valence-electron chi connectivity index (χ1n) is 15.3. The van der Waals surface area contributed by atoms with Crippen LogP contribution in [-0.2, 0) is 0 Å². The van der Waals surface area contributed by atoms with Crippen molar-refractivity contribution in [3.05, 3.63) is 11.6 Å². The molecular formula is C33H58. The van der Waals surface area contributed by atoms with E-state index < -0.39 is 0 Å². The highest BCUT2D eigenvalue weighted by atomic mass is 14.6. The van der Waals surface area contributed by atoms with Gasteiger partial charge in [0.25, 0.3) is 0 Å². The van der Waals surface area contributed by atoms with Crippen molar-refractivity contribution in [1.29, 1.82) is 0 Å². The first-order valence-corrected chi connectivity index (χ1v) is 15.3. The van der Waals surface area contributed by atoms with Gasteiger partial charge in [0.05, 0.1) is 0 Å². The molecule has 0 heterocycles. The monoisotopic (exact) mass is 454 g/mol. The lowest BCUT2D eigenvalue weighted by Gasteiger charge is -2.59. The summed E-state index contributed by atoms with van der Waals surface area (Å²) in [4.78, 5) is 0. The van der Waals surface area contributed by atoms with Crippen LogP contribution in [0.15, 0.2) is 11.6 Å². The highest BCUT2D eigenvalue weighted by Crippen LogP contribution is 2.67. The molecule has 0 radical (unpaired) electrons. The van der Waals surface area contributed by atoms with Crippen LogP contribution in [0.25, 0.3) is 0 Å². The van der Waals surface area contributed by atoms with Crippen molar-refractivity contribution >= 4 is 0 Å². The predicted molar refractivity (Wildman–Crippen MR) is 145 cm³/mol. The zero-order valence-electron chi connectivity index (χ0n) is 23.8. The summed E-state index contributed by atoms with van der Waals surface area (Å²) in [5.74, 6) is 8.49. The van der Waals surface area contributed by atoms with Crippen molar-refractivity contribution in [2.24, 2.45) is 64.1 Å². The van der Waals surface area contributed by atoms with Crippen molar-refractivity contribution in [2.45, 2.75) is 132 Å². The van der Waals surface area contributed by atoms with Crippen LogP contribution in [0.2, 0.25) is 0 Å². The largest absolute Gasteiger partial charge is 0.0845 e. The average molecular weight is 455 g/mol. The molecule has 4 aliphatic carbocycles. The third kappa shape index (κ3) is 4.53. The summed E-state index contributed by atoms with van der Waals surface area (Å²) in [7, 11) is 0. The van der Waals surface area contributed by atoms with Gasteiger partial charge in [0.1, 0.15) is 0 Å². The van der Waals surface area contributed by atoms with Crippen LogP contribution in [0, 0.1) is 64.1 Å². The summed E-state index contributed by atoms with van der Waals surface area (Å²) in [5, 5.41) is 0. The first-order chi connectivity index (χ1) is 15.7. The van der Waals surface area contributed by atoms with E-state index in [9.17, 15) is 0 Å². The SMILES string of the molecule is CCC(CC)[C@H]1CC[C@@]2(C)C(=CC[C@H]3[C@@H]4CC[C@H]([C@H](C)CC[C@@H](C)C(C)C)[C@@]4(C)CC[C@@H]32)C1. The van der Waals surface area contributed by atoms with Gasteiger partial charge in [-0.05, 0) is 115 Å². The molecule has 0 bridgehead atoms. The summed E-state index contributed by atoms with van der Waals surface area (Å²) < 4.78 is 0. The van der Waals surface area contributed by atoms with Crippen molar-refractivity contribution in [3.8, 4) is 0 Å². The maximum absolute atomic E-state index is 2.81. The summed E-state index contributed by atoms with van der Waals surface area (Å²) in [6.45, 7) is 20.2. The number of hydrogen-bond acceptors (Lipinski definition) is 0. The molecule has 0 amide bonds. The molecular weight excluding hydrogens is 396 g/mol. The quantitative estimate of drug-likeness (QED) is 0.320. The van der Waals surface area contributed by atoms with Gasteiger partial charge in [-0.15, -0.1) is 0 Å². The molecule has 9 atom stereocenters. The zero-order valence-corrected chi connectivity index (χ0v) is 23.8. The highest BCUT2D eigenvalue weighted by molar-refractivity contribution is 5.25. The zero-order chi connectivity index (χ0) is 24.0. The molecule has 0 aromatic carbocycles. The van der Waals surface area contributed by atoms with E-state index in [-0.39, 0.29) is 0 Å². The van der Waals surface area contributed by atoms with E-state index in [1.165, 1.54) is 77.0 Å². The molecule has 3 saturated carbocycles. The Morgan fingerprint density at radius 1 is 0.879 bits per heavy atom. The summed E-state index contributed by atoms with van der Waals surface area (Å²) in [6.07, 6.45) is 20.4. The maximum atomic E-state index is 2.81. The fraction of sp³-hybridized carbons (Fsp3) is 0.939. The molecule has 0 aromatic heterocycles. The second kappa shape index (κ2) is 10.0. The molecule has 3 fully saturated rings. The van der Waals surface area contributed by atoms with Crippen LogP contribution in [0.5, 0.6) is 0 Å². The second-order valence-electron chi connectivity index (χ2n) is 14.3. The topological polar surface area (TPSA) is 0 Å².